The summed E-state index contributed by atoms with van der Waals surface area (Å²) < 4.78 is 0. The Hall–Kier alpha value is -2.02. The van der Waals surface area contributed by atoms with Crippen molar-refractivity contribution in [1.29, 1.82) is 0 Å². The molecule has 0 bridgehead atoms. The van der Waals surface area contributed by atoms with Crippen molar-refractivity contribution in [3.8, 4) is 47.9 Å². The van der Waals surface area contributed by atoms with Gasteiger partial charge in [-0.2, -0.15) is 0 Å². The van der Waals surface area contributed by atoms with E-state index in [9.17, 15) is 0 Å². The van der Waals surface area contributed by atoms with E-state index in [1.807, 2.05) is 13.8 Å². The second-order valence-electron chi connectivity index (χ2n) is 2.14. The van der Waals surface area contributed by atoms with Crippen LogP contribution in [0.15, 0.2) is 11.6 Å². The van der Waals surface area contributed by atoms with Crippen molar-refractivity contribution in [2.45, 2.75) is 13.8 Å². The third-order valence-electron chi connectivity index (χ3n) is 0.755. The molecule has 0 aromatic heterocycles. The molecule has 0 nitrogen and oxygen atoms in total. The van der Waals surface area contributed by atoms with E-state index < -0.39 is 0 Å². The van der Waals surface area contributed by atoms with Crippen LogP contribution in [-0.2, 0) is 0 Å². The highest BCUT2D eigenvalue weighted by Crippen LogP contribution is 1.83. The van der Waals surface area contributed by atoms with Crippen LogP contribution >= 0.6 is 0 Å². The topological polar surface area (TPSA) is 0 Å². The molecule has 0 aromatic carbocycles. The van der Waals surface area contributed by atoms with Gasteiger partial charge in [0.15, 0.2) is 0 Å². The molecule has 0 amide bonds. The Balaban J connectivity index is 4.10. The van der Waals surface area contributed by atoms with E-state index >= 15 is 0 Å². The van der Waals surface area contributed by atoms with Crippen LogP contribution in [0.1, 0.15) is 13.8 Å². The van der Waals surface area contributed by atoms with Crippen molar-refractivity contribution in [1.82, 2.24) is 0 Å². The molecule has 0 aliphatic rings. The first-order valence-corrected chi connectivity index (χ1v) is 3.37. The molecule has 0 unspecified atom stereocenters. The Labute approximate surface area is 74.1 Å². The van der Waals surface area contributed by atoms with Crippen molar-refractivity contribution >= 4 is 0 Å². The monoisotopic (exact) mass is 152 g/mol. The summed E-state index contributed by atoms with van der Waals surface area (Å²) in [6.45, 7) is 3.94. The molecular formula is C12H8. The molecule has 0 aliphatic heterocycles. The second-order valence-corrected chi connectivity index (χ2v) is 2.14. The van der Waals surface area contributed by atoms with Crippen LogP contribution in [0.2, 0.25) is 0 Å². The molecule has 0 spiro atoms. The summed E-state index contributed by atoms with van der Waals surface area (Å²) in [5.74, 6) is 17.4. The van der Waals surface area contributed by atoms with Crippen molar-refractivity contribution in [3.63, 3.8) is 0 Å². The third kappa shape index (κ3) is 7.98. The van der Waals surface area contributed by atoms with Gasteiger partial charge in [0.2, 0.25) is 0 Å². The first-order valence-electron chi connectivity index (χ1n) is 3.37. The van der Waals surface area contributed by atoms with Gasteiger partial charge in [-0.05, 0) is 55.4 Å². The van der Waals surface area contributed by atoms with Crippen LogP contribution < -0.4 is 0 Å². The zero-order chi connectivity index (χ0) is 9.23. The number of hydrogen-bond acceptors (Lipinski definition) is 0. The van der Waals surface area contributed by atoms with Gasteiger partial charge in [-0.1, -0.05) is 11.5 Å². The normalized spacial score (nSPS) is 5.08. The SMILES string of the molecule is C#CC#CC#CC#CC=C(C)C. The maximum absolute atomic E-state index is 4.87. The molecule has 0 saturated heterocycles. The largest absolute Gasteiger partial charge is 0.106 e. The summed E-state index contributed by atoms with van der Waals surface area (Å²) in [5.41, 5.74) is 1.15. The van der Waals surface area contributed by atoms with Gasteiger partial charge >= 0.3 is 0 Å². The quantitative estimate of drug-likeness (QED) is 0.462. The highest BCUT2D eigenvalue weighted by atomic mass is 13.7. The standard InChI is InChI=1S/C12H8/c1-4-5-6-7-8-9-10-11-12(2)3/h1,11H,2-3H3. The lowest BCUT2D eigenvalue weighted by molar-refractivity contribution is 1.40. The fourth-order valence-corrected chi connectivity index (χ4v) is 0.346. The molecule has 0 atom stereocenters. The first-order chi connectivity index (χ1) is 5.77. The second kappa shape index (κ2) is 7.09. The predicted octanol–water partition coefficient (Wildman–Crippen LogP) is 1.60. The highest BCUT2D eigenvalue weighted by Gasteiger charge is 1.66. The number of allylic oxidation sites excluding steroid dienone is 2. The molecule has 0 heteroatoms. The molecule has 0 rings (SSSR count). The van der Waals surface area contributed by atoms with Crippen LogP contribution in [0.3, 0.4) is 0 Å². The van der Waals surface area contributed by atoms with Crippen LogP contribution in [0.5, 0.6) is 0 Å². The van der Waals surface area contributed by atoms with Gasteiger partial charge in [0.05, 0.1) is 0 Å². The molecule has 0 heterocycles. The maximum atomic E-state index is 4.87. The number of hydrogen-bond donors (Lipinski definition) is 0. The van der Waals surface area contributed by atoms with Gasteiger partial charge < -0.3 is 0 Å². The lowest BCUT2D eigenvalue weighted by atomic mass is 10.3. The number of rotatable bonds is 0. The van der Waals surface area contributed by atoms with E-state index in [4.69, 9.17) is 6.42 Å². The maximum Gasteiger partial charge on any atom is -0.0000227 e. The van der Waals surface area contributed by atoms with Gasteiger partial charge in [0.25, 0.3) is 0 Å². The minimum absolute atomic E-state index is 1.15. The predicted molar refractivity (Wildman–Crippen MR) is 51.6 cm³/mol. The van der Waals surface area contributed by atoms with Crippen molar-refractivity contribution in [2.24, 2.45) is 0 Å². The minimum Gasteiger partial charge on any atom is -0.106 e. The third-order valence-corrected chi connectivity index (χ3v) is 0.755. The van der Waals surface area contributed by atoms with Crippen LogP contribution in [0, 0.1) is 47.9 Å². The molecule has 0 radical (unpaired) electrons. The summed E-state index contributed by atoms with van der Waals surface area (Å²) in [4.78, 5) is 0. The van der Waals surface area contributed by atoms with Crippen LogP contribution in [0.4, 0.5) is 0 Å². The summed E-state index contributed by atoms with van der Waals surface area (Å²) >= 11 is 0. The van der Waals surface area contributed by atoms with Crippen molar-refractivity contribution < 1.29 is 0 Å². The lowest BCUT2D eigenvalue weighted by Gasteiger charge is -1.74. The van der Waals surface area contributed by atoms with Gasteiger partial charge in [0.1, 0.15) is 0 Å². The van der Waals surface area contributed by atoms with Gasteiger partial charge in [-0.3, -0.25) is 0 Å². The lowest BCUT2D eigenvalue weighted by Crippen LogP contribution is -1.59. The van der Waals surface area contributed by atoms with Crippen molar-refractivity contribution in [3.05, 3.63) is 11.6 Å². The van der Waals surface area contributed by atoms with E-state index in [0.717, 1.165) is 5.57 Å². The summed E-state index contributed by atoms with van der Waals surface area (Å²) in [6, 6.07) is 0. The minimum atomic E-state index is 1.15. The zero-order valence-corrected chi connectivity index (χ0v) is 7.15. The Morgan fingerprint density at radius 3 is 2.17 bits per heavy atom. The molecule has 0 fully saturated rings. The summed E-state index contributed by atoms with van der Waals surface area (Å²) in [7, 11) is 0. The Kier molecular flexibility index (Phi) is 5.90. The van der Waals surface area contributed by atoms with Crippen molar-refractivity contribution in [2.75, 3.05) is 0 Å². The van der Waals surface area contributed by atoms with Gasteiger partial charge in [0, 0.05) is 0 Å². The van der Waals surface area contributed by atoms with Gasteiger partial charge in [-0.25, -0.2) is 0 Å². The Bertz CT molecular complexity index is 377. The van der Waals surface area contributed by atoms with E-state index in [-0.39, 0.29) is 0 Å². The van der Waals surface area contributed by atoms with Gasteiger partial charge in [-0.15, -0.1) is 6.42 Å². The zero-order valence-electron chi connectivity index (χ0n) is 7.15. The van der Waals surface area contributed by atoms with Crippen LogP contribution in [-0.4, -0.2) is 0 Å². The smallest absolute Gasteiger partial charge is 0.0000227 e. The Morgan fingerprint density at radius 1 is 1.00 bits per heavy atom. The molecule has 12 heavy (non-hydrogen) atoms. The van der Waals surface area contributed by atoms with E-state index in [1.54, 1.807) is 6.08 Å². The average molecular weight is 152 g/mol. The fourth-order valence-electron chi connectivity index (χ4n) is 0.346. The van der Waals surface area contributed by atoms with E-state index in [0.29, 0.717) is 0 Å². The molecule has 0 N–H and O–H groups in total. The summed E-state index contributed by atoms with van der Waals surface area (Å²) in [5, 5.41) is 0. The van der Waals surface area contributed by atoms with E-state index in [1.165, 1.54) is 0 Å². The van der Waals surface area contributed by atoms with E-state index in [2.05, 4.69) is 41.4 Å². The molecule has 0 aliphatic carbocycles. The molecular weight excluding hydrogens is 144 g/mol. The summed E-state index contributed by atoms with van der Waals surface area (Å²) in [6.07, 6.45) is 6.67. The first kappa shape index (κ1) is 9.98. The molecule has 0 saturated carbocycles. The Morgan fingerprint density at radius 2 is 1.58 bits per heavy atom. The molecule has 56 valence electrons. The number of terminal acetylenes is 1. The van der Waals surface area contributed by atoms with Crippen LogP contribution in [0.25, 0.3) is 0 Å². The highest BCUT2D eigenvalue weighted by molar-refractivity contribution is 5.40. The fraction of sp³-hybridized carbons (Fsp3) is 0.167. The average Bonchev–Trinajstić information content (AvgIpc) is 2.02. The molecule has 0 aromatic rings.